The molecule has 0 bridgehead atoms. The van der Waals surface area contributed by atoms with E-state index in [1.54, 1.807) is 18.3 Å². The van der Waals surface area contributed by atoms with Crippen molar-refractivity contribution in [2.45, 2.75) is 13.5 Å². The summed E-state index contributed by atoms with van der Waals surface area (Å²) in [6, 6.07) is 15.1. The summed E-state index contributed by atoms with van der Waals surface area (Å²) in [5.74, 6) is 1.21. The fourth-order valence-corrected chi connectivity index (χ4v) is 2.78. The SMILES string of the molecule is Cc1ccc(OCc2csc(C(=O)Nc3ccccn3)c2)cc1. The third-order valence-electron chi connectivity index (χ3n) is 3.21. The first-order valence-electron chi connectivity index (χ1n) is 7.20. The normalized spacial score (nSPS) is 10.3. The average molecular weight is 324 g/mol. The number of hydrogen-bond acceptors (Lipinski definition) is 4. The number of benzene rings is 1. The van der Waals surface area contributed by atoms with Crippen molar-refractivity contribution in [2.24, 2.45) is 0 Å². The first-order valence-corrected chi connectivity index (χ1v) is 8.08. The molecule has 2 aromatic heterocycles. The molecule has 0 unspecified atom stereocenters. The summed E-state index contributed by atoms with van der Waals surface area (Å²) in [6.07, 6.45) is 1.64. The zero-order valence-corrected chi connectivity index (χ0v) is 13.5. The molecule has 3 aromatic rings. The minimum absolute atomic E-state index is 0.157. The van der Waals surface area contributed by atoms with Crippen molar-refractivity contribution in [2.75, 3.05) is 5.32 Å². The second-order valence-electron chi connectivity index (χ2n) is 5.09. The molecule has 0 fully saturated rings. The monoisotopic (exact) mass is 324 g/mol. The summed E-state index contributed by atoms with van der Waals surface area (Å²) in [6.45, 7) is 2.48. The maximum Gasteiger partial charge on any atom is 0.266 e. The predicted octanol–water partition coefficient (Wildman–Crippen LogP) is 4.28. The van der Waals surface area contributed by atoms with Gasteiger partial charge in [-0.15, -0.1) is 11.3 Å². The first-order chi connectivity index (χ1) is 11.2. The van der Waals surface area contributed by atoms with Crippen LogP contribution in [0.2, 0.25) is 0 Å². The smallest absolute Gasteiger partial charge is 0.266 e. The molecule has 0 radical (unpaired) electrons. The van der Waals surface area contributed by atoms with E-state index in [1.165, 1.54) is 16.9 Å². The number of carbonyl (C=O) groups excluding carboxylic acids is 1. The minimum atomic E-state index is -0.157. The molecule has 0 aliphatic heterocycles. The highest BCUT2D eigenvalue weighted by molar-refractivity contribution is 7.12. The van der Waals surface area contributed by atoms with E-state index in [1.807, 2.05) is 48.7 Å². The van der Waals surface area contributed by atoms with Crippen LogP contribution in [-0.4, -0.2) is 10.9 Å². The molecule has 0 spiro atoms. The van der Waals surface area contributed by atoms with E-state index in [0.29, 0.717) is 17.3 Å². The highest BCUT2D eigenvalue weighted by Gasteiger charge is 2.10. The number of nitrogens with one attached hydrogen (secondary N) is 1. The fraction of sp³-hybridized carbons (Fsp3) is 0.111. The van der Waals surface area contributed by atoms with Gasteiger partial charge in [0, 0.05) is 11.8 Å². The Labute approximate surface area is 138 Å². The molecule has 116 valence electrons. The second kappa shape index (κ2) is 7.07. The first kappa shape index (κ1) is 15.2. The Morgan fingerprint density at radius 1 is 1.22 bits per heavy atom. The van der Waals surface area contributed by atoms with E-state index in [4.69, 9.17) is 4.74 Å². The van der Waals surface area contributed by atoms with Crippen LogP contribution in [0.5, 0.6) is 5.75 Å². The molecule has 2 heterocycles. The zero-order valence-electron chi connectivity index (χ0n) is 12.7. The molecular formula is C18H16N2O2S. The van der Waals surface area contributed by atoms with Crippen LogP contribution in [0.25, 0.3) is 0 Å². The van der Waals surface area contributed by atoms with Gasteiger partial charge in [0.25, 0.3) is 5.91 Å². The Morgan fingerprint density at radius 2 is 2.04 bits per heavy atom. The van der Waals surface area contributed by atoms with Gasteiger partial charge in [0.1, 0.15) is 18.2 Å². The van der Waals surface area contributed by atoms with E-state index in [2.05, 4.69) is 10.3 Å². The van der Waals surface area contributed by atoms with Gasteiger partial charge < -0.3 is 10.1 Å². The largest absolute Gasteiger partial charge is 0.489 e. The van der Waals surface area contributed by atoms with E-state index in [9.17, 15) is 4.79 Å². The van der Waals surface area contributed by atoms with Crippen molar-refractivity contribution in [1.29, 1.82) is 0 Å². The molecule has 4 nitrogen and oxygen atoms in total. The average Bonchev–Trinajstić information content (AvgIpc) is 3.04. The third kappa shape index (κ3) is 4.17. The lowest BCUT2D eigenvalue weighted by Crippen LogP contribution is -2.11. The third-order valence-corrected chi connectivity index (χ3v) is 4.19. The van der Waals surface area contributed by atoms with Gasteiger partial charge in [0.15, 0.2) is 0 Å². The number of pyridine rings is 1. The molecule has 23 heavy (non-hydrogen) atoms. The molecule has 5 heteroatoms. The van der Waals surface area contributed by atoms with Crippen LogP contribution < -0.4 is 10.1 Å². The Morgan fingerprint density at radius 3 is 2.78 bits per heavy atom. The number of anilines is 1. The number of aromatic nitrogens is 1. The lowest BCUT2D eigenvalue weighted by Gasteiger charge is -2.04. The molecule has 1 N–H and O–H groups in total. The number of rotatable bonds is 5. The number of thiophene rings is 1. The van der Waals surface area contributed by atoms with Crippen molar-refractivity contribution in [1.82, 2.24) is 4.98 Å². The molecular weight excluding hydrogens is 308 g/mol. The van der Waals surface area contributed by atoms with Crippen molar-refractivity contribution in [3.05, 3.63) is 76.1 Å². The van der Waals surface area contributed by atoms with Crippen molar-refractivity contribution in [3.8, 4) is 5.75 Å². The number of amides is 1. The number of carbonyl (C=O) groups is 1. The topological polar surface area (TPSA) is 51.2 Å². The molecule has 0 aliphatic carbocycles. The standard InChI is InChI=1S/C18H16N2O2S/c1-13-5-7-15(8-6-13)22-11-14-10-16(23-12-14)18(21)20-17-4-2-3-9-19-17/h2-10,12H,11H2,1H3,(H,19,20,21). The lowest BCUT2D eigenvalue weighted by molar-refractivity contribution is 0.103. The number of ether oxygens (including phenoxy) is 1. The van der Waals surface area contributed by atoms with Gasteiger partial charge in [-0.05, 0) is 42.6 Å². The van der Waals surface area contributed by atoms with E-state index >= 15 is 0 Å². The van der Waals surface area contributed by atoms with E-state index < -0.39 is 0 Å². The van der Waals surface area contributed by atoms with Gasteiger partial charge >= 0.3 is 0 Å². The maximum absolute atomic E-state index is 12.2. The predicted molar refractivity (Wildman–Crippen MR) is 92.0 cm³/mol. The van der Waals surface area contributed by atoms with Gasteiger partial charge in [-0.3, -0.25) is 4.79 Å². The van der Waals surface area contributed by atoms with Crippen LogP contribution >= 0.6 is 11.3 Å². The highest BCUT2D eigenvalue weighted by atomic mass is 32.1. The van der Waals surface area contributed by atoms with Gasteiger partial charge in [0.05, 0.1) is 4.88 Å². The number of hydrogen-bond donors (Lipinski definition) is 1. The summed E-state index contributed by atoms with van der Waals surface area (Å²) < 4.78 is 5.72. The van der Waals surface area contributed by atoms with Crippen LogP contribution in [0.1, 0.15) is 20.8 Å². The molecule has 1 aromatic carbocycles. The number of nitrogens with zero attached hydrogens (tertiary/aromatic N) is 1. The van der Waals surface area contributed by atoms with Gasteiger partial charge in [-0.25, -0.2) is 4.98 Å². The Bertz CT molecular complexity index is 782. The molecule has 3 rings (SSSR count). The van der Waals surface area contributed by atoms with Crippen molar-refractivity contribution in [3.63, 3.8) is 0 Å². The summed E-state index contributed by atoms with van der Waals surface area (Å²) >= 11 is 1.39. The fourth-order valence-electron chi connectivity index (χ4n) is 1.99. The molecule has 0 aliphatic rings. The van der Waals surface area contributed by atoms with Gasteiger partial charge in [-0.1, -0.05) is 23.8 Å². The van der Waals surface area contributed by atoms with Crippen LogP contribution in [0.15, 0.2) is 60.1 Å². The van der Waals surface area contributed by atoms with Gasteiger partial charge in [-0.2, -0.15) is 0 Å². The van der Waals surface area contributed by atoms with Crippen molar-refractivity contribution < 1.29 is 9.53 Å². The number of aryl methyl sites for hydroxylation is 1. The highest BCUT2D eigenvalue weighted by Crippen LogP contribution is 2.19. The Hall–Kier alpha value is -2.66. The summed E-state index contributed by atoms with van der Waals surface area (Å²) in [4.78, 5) is 16.9. The maximum atomic E-state index is 12.2. The quantitative estimate of drug-likeness (QED) is 0.762. The second-order valence-corrected chi connectivity index (χ2v) is 6.00. The van der Waals surface area contributed by atoms with Crippen LogP contribution in [0.4, 0.5) is 5.82 Å². The molecule has 0 atom stereocenters. The molecule has 1 amide bonds. The lowest BCUT2D eigenvalue weighted by atomic mass is 10.2. The molecule has 0 saturated heterocycles. The van der Waals surface area contributed by atoms with Crippen LogP contribution in [0.3, 0.4) is 0 Å². The van der Waals surface area contributed by atoms with E-state index in [-0.39, 0.29) is 5.91 Å². The van der Waals surface area contributed by atoms with Crippen LogP contribution in [-0.2, 0) is 6.61 Å². The minimum Gasteiger partial charge on any atom is -0.489 e. The van der Waals surface area contributed by atoms with Crippen LogP contribution in [0, 0.1) is 6.92 Å². The Balaban J connectivity index is 1.59. The van der Waals surface area contributed by atoms with Gasteiger partial charge in [0.2, 0.25) is 0 Å². The van der Waals surface area contributed by atoms with E-state index in [0.717, 1.165) is 11.3 Å². The summed E-state index contributed by atoms with van der Waals surface area (Å²) in [5, 5.41) is 4.70. The van der Waals surface area contributed by atoms with Crippen molar-refractivity contribution >= 4 is 23.1 Å². The zero-order chi connectivity index (χ0) is 16.1. The summed E-state index contributed by atoms with van der Waals surface area (Å²) in [7, 11) is 0. The summed E-state index contributed by atoms with van der Waals surface area (Å²) in [5.41, 5.74) is 2.17. The molecule has 0 saturated carbocycles. The Kier molecular flexibility index (Phi) is 4.68.